The summed E-state index contributed by atoms with van der Waals surface area (Å²) < 4.78 is 31.8. The van der Waals surface area contributed by atoms with Gasteiger partial charge in [0.1, 0.15) is 16.7 Å². The Hall–Kier alpha value is -1.49. The molecule has 1 aromatic rings. The van der Waals surface area contributed by atoms with Gasteiger partial charge in [0.2, 0.25) is 10.0 Å². The third-order valence-electron chi connectivity index (χ3n) is 2.62. The zero-order valence-corrected chi connectivity index (χ0v) is 11.9. The van der Waals surface area contributed by atoms with Crippen LogP contribution in [0.3, 0.4) is 0 Å². The molecule has 1 heterocycles. The molecule has 0 aromatic carbocycles. The zero-order valence-electron chi connectivity index (χ0n) is 11.1. The second-order valence-corrected chi connectivity index (χ2v) is 6.13. The molecule has 0 aliphatic carbocycles. The summed E-state index contributed by atoms with van der Waals surface area (Å²) in [5.41, 5.74) is 0.177. The summed E-state index contributed by atoms with van der Waals surface area (Å²) in [6.07, 6.45) is 1.17. The van der Waals surface area contributed by atoms with Gasteiger partial charge in [0, 0.05) is 19.3 Å². The fourth-order valence-electron chi connectivity index (χ4n) is 1.41. The van der Waals surface area contributed by atoms with Gasteiger partial charge in [0.05, 0.1) is 6.61 Å². The molecule has 0 bridgehead atoms. The first-order chi connectivity index (χ1) is 8.90. The van der Waals surface area contributed by atoms with Gasteiger partial charge in [-0.3, -0.25) is 0 Å². The van der Waals surface area contributed by atoms with Crippen LogP contribution < -0.4 is 4.72 Å². The summed E-state index contributed by atoms with van der Waals surface area (Å²) >= 11 is 0. The topological polar surface area (TPSA) is 92.1 Å². The number of nitrogens with zero attached hydrogens (tertiary/aromatic N) is 2. The lowest BCUT2D eigenvalue weighted by Gasteiger charge is -2.21. The number of aromatic nitrogens is 1. The number of hydrogen-bond acceptors (Lipinski definition) is 5. The van der Waals surface area contributed by atoms with Crippen LogP contribution in [-0.2, 0) is 14.8 Å². The Labute approximate surface area is 113 Å². The van der Waals surface area contributed by atoms with Crippen LogP contribution in [0.25, 0.3) is 0 Å². The van der Waals surface area contributed by atoms with Crippen molar-refractivity contribution in [2.75, 3.05) is 13.7 Å². The van der Waals surface area contributed by atoms with Gasteiger partial charge in [-0.2, -0.15) is 5.26 Å². The molecule has 0 fully saturated rings. The van der Waals surface area contributed by atoms with E-state index in [-0.39, 0.29) is 22.5 Å². The number of sulfonamides is 1. The predicted molar refractivity (Wildman–Crippen MR) is 69.8 cm³/mol. The number of ether oxygens (including phenoxy) is 1. The van der Waals surface area contributed by atoms with Crippen molar-refractivity contribution in [1.82, 2.24) is 9.71 Å². The average molecular weight is 283 g/mol. The smallest absolute Gasteiger partial charge is 0.242 e. The molecule has 0 aliphatic heterocycles. The molecule has 104 valence electrons. The van der Waals surface area contributed by atoms with Crippen LogP contribution >= 0.6 is 0 Å². The number of methoxy groups -OCH3 is 1. The van der Waals surface area contributed by atoms with Gasteiger partial charge in [-0.1, -0.05) is 13.8 Å². The van der Waals surface area contributed by atoms with Crippen molar-refractivity contribution in [1.29, 1.82) is 5.26 Å². The molecule has 1 atom stereocenters. The molecule has 0 saturated heterocycles. The van der Waals surface area contributed by atoms with Crippen LogP contribution in [0, 0.1) is 17.2 Å². The molecule has 7 heteroatoms. The second kappa shape index (κ2) is 6.61. The second-order valence-electron chi connectivity index (χ2n) is 4.42. The molecular weight excluding hydrogens is 266 g/mol. The molecule has 0 aliphatic rings. The lowest BCUT2D eigenvalue weighted by Crippen LogP contribution is -2.41. The third-order valence-corrected chi connectivity index (χ3v) is 4.09. The summed E-state index contributed by atoms with van der Waals surface area (Å²) in [6, 6.07) is 4.25. The Morgan fingerprint density at radius 3 is 2.58 bits per heavy atom. The number of nitriles is 1. The summed E-state index contributed by atoms with van der Waals surface area (Å²) in [5, 5.41) is 8.63. The van der Waals surface area contributed by atoms with Crippen LogP contribution in [0.15, 0.2) is 23.2 Å². The van der Waals surface area contributed by atoms with Crippen molar-refractivity contribution in [3.05, 3.63) is 24.0 Å². The Kier molecular flexibility index (Phi) is 5.42. The fourth-order valence-corrected chi connectivity index (χ4v) is 2.73. The molecule has 1 rings (SSSR count). The van der Waals surface area contributed by atoms with Crippen LogP contribution in [0.5, 0.6) is 0 Å². The number of pyridine rings is 1. The number of nitrogens with one attached hydrogen (secondary N) is 1. The highest BCUT2D eigenvalue weighted by atomic mass is 32.2. The van der Waals surface area contributed by atoms with Crippen LogP contribution in [-0.4, -0.2) is 33.2 Å². The zero-order chi connectivity index (χ0) is 14.5. The minimum absolute atomic E-state index is 0.0354. The summed E-state index contributed by atoms with van der Waals surface area (Å²) in [7, 11) is -2.13. The molecule has 1 unspecified atom stereocenters. The van der Waals surface area contributed by atoms with E-state index in [1.807, 2.05) is 19.9 Å². The van der Waals surface area contributed by atoms with E-state index in [9.17, 15) is 8.42 Å². The lowest BCUT2D eigenvalue weighted by atomic mass is 10.1. The van der Waals surface area contributed by atoms with E-state index in [0.717, 1.165) is 0 Å². The molecule has 0 amide bonds. The molecule has 0 saturated carbocycles. The van der Waals surface area contributed by atoms with Crippen molar-refractivity contribution in [3.8, 4) is 6.07 Å². The average Bonchev–Trinajstić information content (AvgIpc) is 2.38. The molecular formula is C12H17N3O3S. The van der Waals surface area contributed by atoms with Crippen molar-refractivity contribution in [2.45, 2.75) is 24.8 Å². The predicted octanol–water partition coefficient (Wildman–Crippen LogP) is 0.903. The Morgan fingerprint density at radius 1 is 1.47 bits per heavy atom. The number of hydrogen-bond donors (Lipinski definition) is 1. The van der Waals surface area contributed by atoms with E-state index in [4.69, 9.17) is 10.00 Å². The first kappa shape index (κ1) is 15.6. The van der Waals surface area contributed by atoms with Crippen molar-refractivity contribution in [3.63, 3.8) is 0 Å². The van der Waals surface area contributed by atoms with Gasteiger partial charge in [0.25, 0.3) is 0 Å². The molecule has 0 radical (unpaired) electrons. The van der Waals surface area contributed by atoms with Crippen molar-refractivity contribution >= 4 is 10.0 Å². The minimum Gasteiger partial charge on any atom is -0.383 e. The maximum absolute atomic E-state index is 12.1. The van der Waals surface area contributed by atoms with E-state index in [0.29, 0.717) is 6.61 Å². The van der Waals surface area contributed by atoms with E-state index in [1.54, 1.807) is 0 Å². The monoisotopic (exact) mass is 283 g/mol. The molecule has 1 N–H and O–H groups in total. The van der Waals surface area contributed by atoms with Crippen molar-refractivity contribution in [2.24, 2.45) is 5.92 Å². The van der Waals surface area contributed by atoms with Crippen LogP contribution in [0.4, 0.5) is 0 Å². The Bertz CT molecular complexity index is 547. The highest BCUT2D eigenvalue weighted by Gasteiger charge is 2.22. The Morgan fingerprint density at radius 2 is 2.16 bits per heavy atom. The normalized spacial score (nSPS) is 13.2. The molecule has 6 nitrogen and oxygen atoms in total. The summed E-state index contributed by atoms with van der Waals surface area (Å²) in [5.74, 6) is 0.0982. The summed E-state index contributed by atoms with van der Waals surface area (Å²) in [6.45, 7) is 4.10. The minimum atomic E-state index is -3.65. The Balaban J connectivity index is 2.93. The van der Waals surface area contributed by atoms with E-state index >= 15 is 0 Å². The van der Waals surface area contributed by atoms with Gasteiger partial charge in [-0.15, -0.1) is 0 Å². The highest BCUT2D eigenvalue weighted by molar-refractivity contribution is 7.89. The maximum Gasteiger partial charge on any atom is 0.242 e. The SMILES string of the molecule is COCC(NS(=O)(=O)c1ccc(C#N)nc1)C(C)C. The van der Waals surface area contributed by atoms with Crippen molar-refractivity contribution < 1.29 is 13.2 Å². The number of rotatable bonds is 6. The molecule has 0 spiro atoms. The van der Waals surface area contributed by atoms with E-state index in [2.05, 4.69) is 9.71 Å². The molecule has 1 aromatic heterocycles. The fraction of sp³-hybridized carbons (Fsp3) is 0.500. The first-order valence-electron chi connectivity index (χ1n) is 5.78. The lowest BCUT2D eigenvalue weighted by molar-refractivity contribution is 0.157. The summed E-state index contributed by atoms with van der Waals surface area (Å²) in [4.78, 5) is 3.79. The molecule has 19 heavy (non-hydrogen) atoms. The van der Waals surface area contributed by atoms with Crippen LogP contribution in [0.2, 0.25) is 0 Å². The van der Waals surface area contributed by atoms with Gasteiger partial charge < -0.3 is 4.74 Å². The van der Waals surface area contributed by atoms with Crippen LogP contribution in [0.1, 0.15) is 19.5 Å². The van der Waals surface area contributed by atoms with Gasteiger partial charge in [-0.05, 0) is 18.1 Å². The first-order valence-corrected chi connectivity index (χ1v) is 7.26. The van der Waals surface area contributed by atoms with E-state index in [1.165, 1.54) is 25.4 Å². The van der Waals surface area contributed by atoms with Gasteiger partial charge in [-0.25, -0.2) is 18.1 Å². The quantitative estimate of drug-likeness (QED) is 0.837. The largest absolute Gasteiger partial charge is 0.383 e. The van der Waals surface area contributed by atoms with Gasteiger partial charge >= 0.3 is 0 Å². The van der Waals surface area contributed by atoms with E-state index < -0.39 is 10.0 Å². The van der Waals surface area contributed by atoms with Gasteiger partial charge in [0.15, 0.2) is 0 Å². The third kappa shape index (κ3) is 4.28. The highest BCUT2D eigenvalue weighted by Crippen LogP contribution is 2.11. The standard InChI is InChI=1S/C12H17N3O3S/c1-9(2)12(8-18-3)15-19(16,17)11-5-4-10(6-13)14-7-11/h4-5,7,9,12,15H,8H2,1-3H3. The maximum atomic E-state index is 12.1.